The van der Waals surface area contributed by atoms with E-state index in [0.29, 0.717) is 21.5 Å². The lowest BCUT2D eigenvalue weighted by atomic mass is 9.84. The van der Waals surface area contributed by atoms with Gasteiger partial charge < -0.3 is 9.13 Å². The Balaban J connectivity index is 1.69. The minimum Gasteiger partial charge on any atom is -0.308 e. The van der Waals surface area contributed by atoms with Crippen molar-refractivity contribution < 1.29 is 35.1 Å². The van der Waals surface area contributed by atoms with Gasteiger partial charge in [0.05, 0.1) is 44.6 Å². The molecule has 0 amide bonds. The SMILES string of the molecule is Fc1ccccc1-c1c(-n2c3ccccc3c3ccccc32)c(-c2ccccc2F)c(C(F)(F)F)c(-n2c3ccccc3c3ccccc32)c1C(F)(F)F. The first kappa shape index (κ1) is 33.4. The van der Waals surface area contributed by atoms with Gasteiger partial charge in [0.2, 0.25) is 0 Å². The molecule has 9 aromatic rings. The summed E-state index contributed by atoms with van der Waals surface area (Å²) in [5, 5.41) is 1.81. The molecule has 0 spiro atoms. The van der Waals surface area contributed by atoms with Gasteiger partial charge in [-0.2, -0.15) is 26.3 Å². The van der Waals surface area contributed by atoms with Crippen molar-refractivity contribution in [3.63, 3.8) is 0 Å². The minimum absolute atomic E-state index is 0.0401. The van der Waals surface area contributed by atoms with Gasteiger partial charge in [-0.3, -0.25) is 0 Å². The number of fused-ring (bicyclic) bond motifs is 6. The van der Waals surface area contributed by atoms with Crippen LogP contribution in [0.15, 0.2) is 146 Å². The van der Waals surface area contributed by atoms with E-state index in [4.69, 9.17) is 0 Å². The monoisotopic (exact) mass is 732 g/mol. The van der Waals surface area contributed by atoms with Crippen molar-refractivity contribution in [2.45, 2.75) is 12.4 Å². The largest absolute Gasteiger partial charge is 0.419 e. The number of alkyl halides is 6. The number of rotatable bonds is 4. The van der Waals surface area contributed by atoms with Crippen LogP contribution in [0.5, 0.6) is 0 Å². The molecule has 0 aliphatic heterocycles. The van der Waals surface area contributed by atoms with Crippen LogP contribution >= 0.6 is 0 Å². The third-order valence-electron chi connectivity index (χ3n) is 9.91. The molecular weight excluding hydrogens is 708 g/mol. The van der Waals surface area contributed by atoms with E-state index in [2.05, 4.69) is 0 Å². The second kappa shape index (κ2) is 12.1. The van der Waals surface area contributed by atoms with E-state index < -0.39 is 68.7 Å². The number of hydrogen-bond acceptors (Lipinski definition) is 0. The molecule has 0 unspecified atom stereocenters. The molecule has 54 heavy (non-hydrogen) atoms. The van der Waals surface area contributed by atoms with Crippen LogP contribution in [0.1, 0.15) is 11.1 Å². The minimum atomic E-state index is -5.53. The van der Waals surface area contributed by atoms with E-state index in [1.807, 2.05) is 0 Å². The summed E-state index contributed by atoms with van der Waals surface area (Å²) >= 11 is 0. The predicted octanol–water partition coefficient (Wildman–Crippen LogP) is 13.5. The van der Waals surface area contributed by atoms with E-state index in [-0.39, 0.29) is 22.1 Å². The van der Waals surface area contributed by atoms with Gasteiger partial charge in [0.25, 0.3) is 0 Å². The Morgan fingerprint density at radius 2 is 0.611 bits per heavy atom. The van der Waals surface area contributed by atoms with Crippen LogP contribution in [0, 0.1) is 11.6 Å². The number of para-hydroxylation sites is 4. The molecule has 2 nitrogen and oxygen atoms in total. The maximum atomic E-state index is 16.4. The molecule has 9 rings (SSSR count). The fraction of sp³-hybridized carbons (Fsp3) is 0.0455. The average Bonchev–Trinajstić information content (AvgIpc) is 3.66. The fourth-order valence-corrected chi connectivity index (χ4v) is 7.90. The molecule has 0 saturated carbocycles. The van der Waals surface area contributed by atoms with Crippen molar-refractivity contribution in [1.82, 2.24) is 9.13 Å². The van der Waals surface area contributed by atoms with Crippen LogP contribution in [0.4, 0.5) is 35.1 Å². The Hall–Kier alpha value is -6.42. The average molecular weight is 733 g/mol. The van der Waals surface area contributed by atoms with Gasteiger partial charge in [0.1, 0.15) is 11.6 Å². The summed E-state index contributed by atoms with van der Waals surface area (Å²) in [5.41, 5.74) is -7.88. The number of benzene rings is 7. The molecule has 10 heteroatoms. The second-order valence-electron chi connectivity index (χ2n) is 12.9. The summed E-state index contributed by atoms with van der Waals surface area (Å²) in [6, 6.07) is 34.8. The lowest BCUT2D eigenvalue weighted by molar-refractivity contribution is -0.142. The van der Waals surface area contributed by atoms with Crippen molar-refractivity contribution in [3.05, 3.63) is 168 Å². The third kappa shape index (κ3) is 4.93. The van der Waals surface area contributed by atoms with E-state index in [9.17, 15) is 0 Å². The molecule has 0 aliphatic carbocycles. The van der Waals surface area contributed by atoms with Gasteiger partial charge in [0, 0.05) is 43.8 Å². The number of nitrogens with zero attached hydrogens (tertiary/aromatic N) is 2. The zero-order valence-corrected chi connectivity index (χ0v) is 27.8. The molecule has 0 N–H and O–H groups in total. The molecule has 266 valence electrons. The highest BCUT2D eigenvalue weighted by Crippen LogP contribution is 2.56. The fourth-order valence-electron chi connectivity index (χ4n) is 7.90. The molecule has 0 bridgehead atoms. The lowest BCUT2D eigenvalue weighted by Gasteiger charge is -2.31. The first-order chi connectivity index (χ1) is 26.0. The third-order valence-corrected chi connectivity index (χ3v) is 9.91. The summed E-state index contributed by atoms with van der Waals surface area (Å²) in [5.74, 6) is -2.23. The molecule has 0 aliphatic rings. The van der Waals surface area contributed by atoms with Crippen molar-refractivity contribution in [2.75, 3.05) is 0 Å². The standard InChI is InChI=1S/C44H24F8N2/c45-31-19-7-1-17-29(31)37-39(43(47,48)49)42(54-35-23-11-5-15-27(35)28-16-6-12-24-36(28)54)40(44(50,51)52)38(30-18-2-8-20-32(30)46)41(37)53-33-21-9-3-13-25(33)26-14-4-10-22-34(26)53/h1-24H. The molecule has 2 aromatic heterocycles. The predicted molar refractivity (Wildman–Crippen MR) is 196 cm³/mol. The van der Waals surface area contributed by atoms with E-state index in [0.717, 1.165) is 28.8 Å². The summed E-state index contributed by atoms with van der Waals surface area (Å²) in [6.07, 6.45) is -11.1. The maximum Gasteiger partial charge on any atom is 0.419 e. The quantitative estimate of drug-likeness (QED) is 0.160. The van der Waals surface area contributed by atoms with E-state index in [1.54, 1.807) is 72.8 Å². The Labute approximate surface area is 301 Å². The highest BCUT2D eigenvalue weighted by Gasteiger charge is 2.49. The highest BCUT2D eigenvalue weighted by atomic mass is 19.4. The van der Waals surface area contributed by atoms with Crippen LogP contribution in [-0.2, 0) is 12.4 Å². The van der Waals surface area contributed by atoms with Crippen LogP contribution < -0.4 is 0 Å². The number of halogens is 8. The van der Waals surface area contributed by atoms with Crippen molar-refractivity contribution in [1.29, 1.82) is 0 Å². The van der Waals surface area contributed by atoms with Gasteiger partial charge in [-0.25, -0.2) is 8.78 Å². The smallest absolute Gasteiger partial charge is 0.308 e. The second-order valence-corrected chi connectivity index (χ2v) is 12.9. The molecule has 0 saturated heterocycles. The Morgan fingerprint density at radius 3 is 0.926 bits per heavy atom. The number of hydrogen-bond donors (Lipinski definition) is 0. The normalized spacial score (nSPS) is 12.4. The van der Waals surface area contributed by atoms with Crippen LogP contribution in [0.2, 0.25) is 0 Å². The van der Waals surface area contributed by atoms with Gasteiger partial charge in [0.15, 0.2) is 0 Å². The zero-order valence-electron chi connectivity index (χ0n) is 27.8. The topological polar surface area (TPSA) is 9.86 Å². The van der Waals surface area contributed by atoms with Crippen LogP contribution in [0.25, 0.3) is 77.2 Å². The maximum absolute atomic E-state index is 16.4. The Kier molecular flexibility index (Phi) is 7.46. The van der Waals surface area contributed by atoms with Gasteiger partial charge >= 0.3 is 12.4 Å². The Morgan fingerprint density at radius 1 is 0.333 bits per heavy atom. The number of aromatic nitrogens is 2. The summed E-state index contributed by atoms with van der Waals surface area (Å²) in [7, 11) is 0. The lowest BCUT2D eigenvalue weighted by Crippen LogP contribution is -2.23. The molecule has 2 heterocycles. The first-order valence-electron chi connectivity index (χ1n) is 16.8. The molecule has 0 atom stereocenters. The van der Waals surface area contributed by atoms with Crippen LogP contribution in [-0.4, -0.2) is 9.13 Å². The van der Waals surface area contributed by atoms with E-state index in [1.165, 1.54) is 53.1 Å². The summed E-state index contributed by atoms with van der Waals surface area (Å²) in [4.78, 5) is 0. The van der Waals surface area contributed by atoms with Crippen molar-refractivity contribution in [2.24, 2.45) is 0 Å². The van der Waals surface area contributed by atoms with Crippen molar-refractivity contribution in [3.8, 4) is 33.6 Å². The molecule has 0 radical (unpaired) electrons. The van der Waals surface area contributed by atoms with Gasteiger partial charge in [-0.15, -0.1) is 0 Å². The molecule has 7 aromatic carbocycles. The summed E-state index contributed by atoms with van der Waals surface area (Å²) < 4.78 is 133. The van der Waals surface area contributed by atoms with Gasteiger partial charge in [-0.1, -0.05) is 109 Å². The Bertz CT molecular complexity index is 2760. The molecular formula is C44H24F8N2. The van der Waals surface area contributed by atoms with E-state index >= 15 is 35.1 Å². The van der Waals surface area contributed by atoms with Crippen LogP contribution in [0.3, 0.4) is 0 Å². The molecule has 0 fully saturated rings. The van der Waals surface area contributed by atoms with Gasteiger partial charge in [-0.05, 0) is 36.4 Å². The highest BCUT2D eigenvalue weighted by molar-refractivity contribution is 6.13. The zero-order chi connectivity index (χ0) is 37.5. The van der Waals surface area contributed by atoms with Crippen molar-refractivity contribution >= 4 is 43.6 Å². The summed E-state index contributed by atoms with van der Waals surface area (Å²) in [6.45, 7) is 0. The first-order valence-corrected chi connectivity index (χ1v) is 16.8.